The van der Waals surface area contributed by atoms with Gasteiger partial charge in [-0.3, -0.25) is 4.90 Å². The molecule has 16 heavy (non-hydrogen) atoms. The van der Waals surface area contributed by atoms with E-state index < -0.39 is 11.7 Å². The first kappa shape index (κ1) is 12.6. The van der Waals surface area contributed by atoms with Gasteiger partial charge in [0.1, 0.15) is 17.2 Å². The van der Waals surface area contributed by atoms with E-state index in [9.17, 15) is 9.59 Å². The fourth-order valence-electron chi connectivity index (χ4n) is 1.50. The van der Waals surface area contributed by atoms with Gasteiger partial charge in [-0.05, 0) is 27.7 Å². The Morgan fingerprint density at radius 1 is 1.56 bits per heavy atom. The van der Waals surface area contributed by atoms with Crippen molar-refractivity contribution in [2.24, 2.45) is 0 Å². The number of carbonyl (C=O) groups is 1. The van der Waals surface area contributed by atoms with Gasteiger partial charge < -0.3 is 10.1 Å². The van der Waals surface area contributed by atoms with Crippen LogP contribution < -0.4 is 5.32 Å². The average molecular weight is 226 g/mol. The summed E-state index contributed by atoms with van der Waals surface area (Å²) in [6.07, 6.45) is -0.394. The highest BCUT2D eigenvalue weighted by Gasteiger charge is 2.30. The predicted octanol–water partition coefficient (Wildman–Crippen LogP) is 0.931. The first-order valence-electron chi connectivity index (χ1n) is 5.33. The van der Waals surface area contributed by atoms with E-state index in [2.05, 4.69) is 5.32 Å². The molecule has 5 nitrogen and oxygen atoms in total. The topological polar surface area (TPSA) is 58.6 Å². The van der Waals surface area contributed by atoms with Crippen LogP contribution in [0.1, 0.15) is 27.7 Å². The van der Waals surface area contributed by atoms with Crippen LogP contribution >= 0.6 is 0 Å². The number of piperazine rings is 1. The molecule has 1 aliphatic rings. The lowest BCUT2D eigenvalue weighted by atomic mass is 10.1. The number of hydrogen-bond acceptors (Lipinski definition) is 4. The maximum atomic E-state index is 11.8. The van der Waals surface area contributed by atoms with E-state index in [1.54, 1.807) is 6.92 Å². The van der Waals surface area contributed by atoms with Gasteiger partial charge in [-0.15, -0.1) is 0 Å². The molecule has 1 atom stereocenters. The summed E-state index contributed by atoms with van der Waals surface area (Å²) in [6.45, 7) is 8.29. The zero-order chi connectivity index (χ0) is 12.3. The van der Waals surface area contributed by atoms with E-state index in [0.29, 0.717) is 18.8 Å². The Bertz CT molecular complexity index is 327. The number of amides is 1. The smallest absolute Gasteiger partial charge is 0.410 e. The number of carbonyl (C=O) groups excluding carboxylic acids is 2. The van der Waals surface area contributed by atoms with Gasteiger partial charge in [0.2, 0.25) is 0 Å². The summed E-state index contributed by atoms with van der Waals surface area (Å²) >= 11 is 0. The lowest BCUT2D eigenvalue weighted by molar-refractivity contribution is 0.0178. The molecule has 0 bridgehead atoms. The Morgan fingerprint density at radius 3 is 2.69 bits per heavy atom. The van der Waals surface area contributed by atoms with Gasteiger partial charge in [-0.25, -0.2) is 9.59 Å². The lowest BCUT2D eigenvalue weighted by Gasteiger charge is -2.35. The number of hydrogen-bond donors (Lipinski definition) is 1. The Kier molecular flexibility index (Phi) is 3.60. The summed E-state index contributed by atoms with van der Waals surface area (Å²) < 4.78 is 5.26. The molecule has 1 heterocycles. The van der Waals surface area contributed by atoms with Crippen molar-refractivity contribution in [3.63, 3.8) is 0 Å². The molecular formula is C11H18N2O3. The fourth-order valence-corrected chi connectivity index (χ4v) is 1.50. The first-order valence-corrected chi connectivity index (χ1v) is 5.33. The minimum absolute atomic E-state index is 0.305. The third kappa shape index (κ3) is 3.00. The molecule has 5 heteroatoms. The summed E-state index contributed by atoms with van der Waals surface area (Å²) in [5, 5.41) is 2.91. The van der Waals surface area contributed by atoms with Crippen LogP contribution in [0, 0.1) is 0 Å². The van der Waals surface area contributed by atoms with Crippen molar-refractivity contribution >= 4 is 12.0 Å². The maximum Gasteiger partial charge on any atom is 0.410 e. The van der Waals surface area contributed by atoms with Gasteiger partial charge >= 0.3 is 6.09 Å². The van der Waals surface area contributed by atoms with E-state index in [4.69, 9.17) is 4.74 Å². The normalized spacial score (nSPS) is 21.1. The van der Waals surface area contributed by atoms with Crippen LogP contribution in [0.2, 0.25) is 0 Å². The van der Waals surface area contributed by atoms with Crippen LogP contribution in [0.4, 0.5) is 4.79 Å². The van der Waals surface area contributed by atoms with Crippen molar-refractivity contribution in [3.8, 4) is 0 Å². The largest absolute Gasteiger partial charge is 0.444 e. The molecule has 0 aromatic heterocycles. The second-order valence-corrected chi connectivity index (χ2v) is 4.79. The molecule has 1 amide bonds. The van der Waals surface area contributed by atoms with Gasteiger partial charge in [-0.1, -0.05) is 0 Å². The van der Waals surface area contributed by atoms with E-state index in [-0.39, 0.29) is 6.04 Å². The molecule has 1 fully saturated rings. The molecule has 0 aromatic rings. The number of nitrogens with one attached hydrogen (secondary N) is 1. The minimum atomic E-state index is -0.521. The molecule has 1 rings (SSSR count). The van der Waals surface area contributed by atoms with Gasteiger partial charge in [0.15, 0.2) is 0 Å². The minimum Gasteiger partial charge on any atom is -0.444 e. The highest BCUT2D eigenvalue weighted by molar-refractivity contribution is 5.70. The second-order valence-electron chi connectivity index (χ2n) is 4.79. The highest BCUT2D eigenvalue weighted by Crippen LogP contribution is 2.15. The highest BCUT2D eigenvalue weighted by atomic mass is 16.6. The van der Waals surface area contributed by atoms with E-state index in [0.717, 1.165) is 0 Å². The zero-order valence-electron chi connectivity index (χ0n) is 10.2. The van der Waals surface area contributed by atoms with Crippen LogP contribution in [0.25, 0.3) is 0 Å². The van der Waals surface area contributed by atoms with Gasteiger partial charge in [0.05, 0.1) is 6.04 Å². The Hall–Kier alpha value is -1.48. The second kappa shape index (κ2) is 4.58. The predicted molar refractivity (Wildman–Crippen MR) is 59.6 cm³/mol. The van der Waals surface area contributed by atoms with E-state index >= 15 is 0 Å². The summed E-state index contributed by atoms with van der Waals surface area (Å²) in [6, 6.07) is -0.305. The van der Waals surface area contributed by atoms with Gasteiger partial charge in [-0.2, -0.15) is 0 Å². The van der Waals surface area contributed by atoms with Gasteiger partial charge in [0.25, 0.3) is 0 Å². The van der Waals surface area contributed by atoms with E-state index in [1.807, 2.05) is 26.7 Å². The summed E-state index contributed by atoms with van der Waals surface area (Å²) in [5.41, 5.74) is -0.121. The standard InChI is InChI=1S/C11H18N2O3/c1-8-9(7-14)12-5-6-13(8)10(15)16-11(2,3)4/h8,12H,5-6H2,1-4H3. The maximum absolute atomic E-state index is 11.8. The van der Waals surface area contributed by atoms with Crippen molar-refractivity contribution < 1.29 is 14.3 Å². The van der Waals surface area contributed by atoms with E-state index in [1.165, 1.54) is 4.90 Å². The molecule has 1 aliphatic heterocycles. The average Bonchev–Trinajstić information content (AvgIpc) is 2.15. The number of ether oxygens (including phenoxy) is 1. The molecular weight excluding hydrogens is 208 g/mol. The Balaban J connectivity index is 2.73. The van der Waals surface area contributed by atoms with Crippen LogP contribution in [0.15, 0.2) is 5.70 Å². The van der Waals surface area contributed by atoms with Crippen molar-refractivity contribution in [2.45, 2.75) is 39.3 Å². The monoisotopic (exact) mass is 226 g/mol. The molecule has 1 saturated heterocycles. The molecule has 0 spiro atoms. The molecule has 1 N–H and O–H groups in total. The molecule has 0 saturated carbocycles. The quantitative estimate of drug-likeness (QED) is 0.624. The third-order valence-electron chi connectivity index (χ3n) is 2.29. The molecule has 90 valence electrons. The molecule has 0 aliphatic carbocycles. The number of nitrogens with zero attached hydrogens (tertiary/aromatic N) is 1. The zero-order valence-corrected chi connectivity index (χ0v) is 10.2. The third-order valence-corrected chi connectivity index (χ3v) is 2.29. The molecule has 1 unspecified atom stereocenters. The van der Waals surface area contributed by atoms with Crippen LogP contribution in [0.5, 0.6) is 0 Å². The molecule has 0 aromatic carbocycles. The van der Waals surface area contributed by atoms with Crippen molar-refractivity contribution in [1.82, 2.24) is 10.2 Å². The Labute approximate surface area is 95.4 Å². The molecule has 0 radical (unpaired) electrons. The van der Waals surface area contributed by atoms with Crippen LogP contribution in [-0.2, 0) is 9.53 Å². The van der Waals surface area contributed by atoms with Crippen molar-refractivity contribution in [2.75, 3.05) is 13.1 Å². The first-order chi connectivity index (χ1) is 7.35. The summed E-state index contributed by atoms with van der Waals surface area (Å²) in [5.74, 6) is 1.81. The van der Waals surface area contributed by atoms with Gasteiger partial charge in [0, 0.05) is 13.1 Å². The summed E-state index contributed by atoms with van der Waals surface area (Å²) in [4.78, 5) is 24.0. The Morgan fingerprint density at radius 2 is 2.19 bits per heavy atom. The van der Waals surface area contributed by atoms with Crippen molar-refractivity contribution in [1.29, 1.82) is 0 Å². The SMILES string of the molecule is CC1C(=C=O)NCCN1C(=O)OC(C)(C)C. The van der Waals surface area contributed by atoms with Crippen molar-refractivity contribution in [3.05, 3.63) is 5.70 Å². The summed E-state index contributed by atoms with van der Waals surface area (Å²) in [7, 11) is 0. The van der Waals surface area contributed by atoms with Crippen LogP contribution in [0.3, 0.4) is 0 Å². The lowest BCUT2D eigenvalue weighted by Crippen LogP contribution is -2.52. The number of rotatable bonds is 0. The fraction of sp³-hybridized carbons (Fsp3) is 0.727. The van der Waals surface area contributed by atoms with Crippen LogP contribution in [-0.4, -0.2) is 41.7 Å².